The first-order valence-corrected chi connectivity index (χ1v) is 8.80. The summed E-state index contributed by atoms with van der Waals surface area (Å²) in [5, 5.41) is 0. The standard InChI is InChI=1S/C19H21BrN2O3/c1-4-22(18-10-8-15(20)13-21-18)19(23)11-7-14-6-9-16(25-5-2)17(12-14)24-3/h6-13H,4-5H2,1-3H3/b11-7+. The summed E-state index contributed by atoms with van der Waals surface area (Å²) < 4.78 is 11.7. The van der Waals surface area contributed by atoms with Crippen molar-refractivity contribution < 1.29 is 14.3 Å². The molecule has 6 heteroatoms. The minimum atomic E-state index is -0.134. The Balaban J connectivity index is 2.16. The van der Waals surface area contributed by atoms with Crippen LogP contribution < -0.4 is 14.4 Å². The lowest BCUT2D eigenvalue weighted by atomic mass is 10.2. The van der Waals surface area contributed by atoms with Crippen molar-refractivity contribution in [2.45, 2.75) is 13.8 Å². The van der Waals surface area contributed by atoms with Crippen molar-refractivity contribution in [3.05, 3.63) is 52.6 Å². The molecule has 1 amide bonds. The molecule has 0 radical (unpaired) electrons. The average Bonchev–Trinajstić information content (AvgIpc) is 2.63. The van der Waals surface area contributed by atoms with Crippen molar-refractivity contribution in [1.29, 1.82) is 0 Å². The van der Waals surface area contributed by atoms with Gasteiger partial charge in [-0.3, -0.25) is 9.69 Å². The van der Waals surface area contributed by atoms with Crippen LogP contribution in [0.2, 0.25) is 0 Å². The maximum Gasteiger partial charge on any atom is 0.252 e. The zero-order chi connectivity index (χ0) is 18.2. The number of hydrogen-bond donors (Lipinski definition) is 0. The highest BCUT2D eigenvalue weighted by molar-refractivity contribution is 9.10. The van der Waals surface area contributed by atoms with Gasteiger partial charge in [-0.1, -0.05) is 6.07 Å². The molecule has 2 aromatic rings. The third-order valence-corrected chi connectivity index (χ3v) is 3.95. The van der Waals surface area contributed by atoms with Crippen molar-refractivity contribution in [3.8, 4) is 11.5 Å². The first kappa shape index (κ1) is 19.0. The molecule has 0 aliphatic rings. The Kier molecular flexibility index (Phi) is 7.01. The van der Waals surface area contributed by atoms with Gasteiger partial charge in [-0.25, -0.2) is 4.98 Å². The fraction of sp³-hybridized carbons (Fsp3) is 0.263. The number of amides is 1. The molecule has 0 N–H and O–H groups in total. The molecule has 1 aromatic heterocycles. The van der Waals surface area contributed by atoms with Gasteiger partial charge in [0, 0.05) is 23.3 Å². The number of ether oxygens (including phenoxy) is 2. The van der Waals surface area contributed by atoms with E-state index in [0.717, 1.165) is 10.0 Å². The summed E-state index contributed by atoms with van der Waals surface area (Å²) in [6.45, 7) is 4.93. The van der Waals surface area contributed by atoms with E-state index in [0.29, 0.717) is 30.5 Å². The Morgan fingerprint density at radius 3 is 2.64 bits per heavy atom. The lowest BCUT2D eigenvalue weighted by Gasteiger charge is -2.18. The zero-order valence-electron chi connectivity index (χ0n) is 14.5. The number of anilines is 1. The number of carbonyl (C=O) groups is 1. The molecule has 5 nitrogen and oxygen atoms in total. The molecule has 25 heavy (non-hydrogen) atoms. The molecule has 0 fully saturated rings. The molecule has 0 aliphatic heterocycles. The van der Waals surface area contributed by atoms with Crippen LogP contribution in [0.15, 0.2) is 47.1 Å². The number of halogens is 1. The molecular formula is C19H21BrN2O3. The smallest absolute Gasteiger partial charge is 0.252 e. The van der Waals surface area contributed by atoms with E-state index in [-0.39, 0.29) is 5.91 Å². The second-order valence-electron chi connectivity index (χ2n) is 5.09. The summed E-state index contributed by atoms with van der Waals surface area (Å²) in [7, 11) is 1.59. The van der Waals surface area contributed by atoms with Crippen LogP contribution in [-0.2, 0) is 4.79 Å². The van der Waals surface area contributed by atoms with E-state index in [1.54, 1.807) is 30.3 Å². The summed E-state index contributed by atoms with van der Waals surface area (Å²) in [5.41, 5.74) is 0.855. The van der Waals surface area contributed by atoms with E-state index in [9.17, 15) is 4.79 Å². The predicted octanol–water partition coefficient (Wildman–Crippen LogP) is 4.32. The topological polar surface area (TPSA) is 51.7 Å². The van der Waals surface area contributed by atoms with Gasteiger partial charge in [0.15, 0.2) is 11.5 Å². The van der Waals surface area contributed by atoms with Gasteiger partial charge in [-0.05, 0) is 65.7 Å². The first-order valence-electron chi connectivity index (χ1n) is 8.01. The van der Waals surface area contributed by atoms with Gasteiger partial charge in [0.25, 0.3) is 5.91 Å². The highest BCUT2D eigenvalue weighted by Gasteiger charge is 2.12. The normalized spacial score (nSPS) is 10.7. The lowest BCUT2D eigenvalue weighted by molar-refractivity contribution is -0.114. The Labute approximate surface area is 156 Å². The van der Waals surface area contributed by atoms with Crippen molar-refractivity contribution in [2.24, 2.45) is 0 Å². The second-order valence-corrected chi connectivity index (χ2v) is 6.01. The first-order chi connectivity index (χ1) is 12.1. The van der Waals surface area contributed by atoms with Crippen LogP contribution >= 0.6 is 15.9 Å². The van der Waals surface area contributed by atoms with Crippen LogP contribution in [0.25, 0.3) is 6.08 Å². The summed E-state index contributed by atoms with van der Waals surface area (Å²) in [6, 6.07) is 9.22. The molecule has 1 aromatic carbocycles. The van der Waals surface area contributed by atoms with Crippen molar-refractivity contribution in [3.63, 3.8) is 0 Å². The van der Waals surface area contributed by atoms with Gasteiger partial charge in [0.2, 0.25) is 0 Å². The number of nitrogens with zero attached hydrogens (tertiary/aromatic N) is 2. The third-order valence-electron chi connectivity index (χ3n) is 3.48. The van der Waals surface area contributed by atoms with Crippen molar-refractivity contribution in [2.75, 3.05) is 25.2 Å². The van der Waals surface area contributed by atoms with E-state index in [1.165, 1.54) is 6.08 Å². The predicted molar refractivity (Wildman–Crippen MR) is 103 cm³/mol. The van der Waals surface area contributed by atoms with Gasteiger partial charge < -0.3 is 9.47 Å². The van der Waals surface area contributed by atoms with E-state index >= 15 is 0 Å². The Morgan fingerprint density at radius 1 is 1.24 bits per heavy atom. The van der Waals surface area contributed by atoms with Crippen LogP contribution in [0.4, 0.5) is 5.82 Å². The molecule has 0 spiro atoms. The second kappa shape index (κ2) is 9.22. The number of likely N-dealkylation sites (N-methyl/N-ethyl adjacent to an activating group) is 1. The average molecular weight is 405 g/mol. The highest BCUT2D eigenvalue weighted by atomic mass is 79.9. The minimum absolute atomic E-state index is 0.134. The van der Waals surface area contributed by atoms with Crippen molar-refractivity contribution >= 4 is 33.7 Å². The van der Waals surface area contributed by atoms with E-state index in [4.69, 9.17) is 9.47 Å². The van der Waals surface area contributed by atoms with Crippen LogP contribution in [0, 0.1) is 0 Å². The van der Waals surface area contributed by atoms with Crippen LogP contribution in [0.3, 0.4) is 0 Å². The fourth-order valence-corrected chi connectivity index (χ4v) is 2.51. The molecule has 0 bridgehead atoms. The number of aromatic nitrogens is 1. The molecule has 132 valence electrons. The minimum Gasteiger partial charge on any atom is -0.493 e. The van der Waals surface area contributed by atoms with Gasteiger partial charge in [-0.15, -0.1) is 0 Å². The fourth-order valence-electron chi connectivity index (χ4n) is 2.28. The van der Waals surface area contributed by atoms with Gasteiger partial charge in [-0.2, -0.15) is 0 Å². The lowest BCUT2D eigenvalue weighted by Crippen LogP contribution is -2.29. The van der Waals surface area contributed by atoms with Gasteiger partial charge in [0.05, 0.1) is 13.7 Å². The molecule has 0 saturated heterocycles. The van der Waals surface area contributed by atoms with E-state index < -0.39 is 0 Å². The van der Waals surface area contributed by atoms with Gasteiger partial charge >= 0.3 is 0 Å². The molecule has 0 aliphatic carbocycles. The summed E-state index contributed by atoms with van der Waals surface area (Å²) >= 11 is 3.34. The molecule has 0 atom stereocenters. The summed E-state index contributed by atoms with van der Waals surface area (Å²) in [6.07, 6.45) is 4.96. The molecular weight excluding hydrogens is 384 g/mol. The van der Waals surface area contributed by atoms with Crippen molar-refractivity contribution in [1.82, 2.24) is 4.98 Å². The molecule has 1 heterocycles. The molecule has 0 saturated carbocycles. The maximum absolute atomic E-state index is 12.5. The number of benzene rings is 1. The number of hydrogen-bond acceptors (Lipinski definition) is 4. The van der Waals surface area contributed by atoms with E-state index in [2.05, 4.69) is 20.9 Å². The monoisotopic (exact) mass is 404 g/mol. The number of methoxy groups -OCH3 is 1. The SMILES string of the molecule is CCOc1ccc(/C=C/C(=O)N(CC)c2ccc(Br)cn2)cc1OC. The summed E-state index contributed by atoms with van der Waals surface area (Å²) in [4.78, 5) is 18.4. The third kappa shape index (κ3) is 5.06. The molecule has 0 unspecified atom stereocenters. The zero-order valence-corrected chi connectivity index (χ0v) is 16.1. The van der Waals surface area contributed by atoms with Crippen LogP contribution in [-0.4, -0.2) is 31.2 Å². The summed E-state index contributed by atoms with van der Waals surface area (Å²) in [5.74, 6) is 1.80. The van der Waals surface area contributed by atoms with Crippen LogP contribution in [0.1, 0.15) is 19.4 Å². The van der Waals surface area contributed by atoms with E-state index in [1.807, 2.05) is 38.1 Å². The quantitative estimate of drug-likeness (QED) is 0.644. The molecule has 2 rings (SSSR count). The van der Waals surface area contributed by atoms with Gasteiger partial charge in [0.1, 0.15) is 5.82 Å². The Hall–Kier alpha value is -2.34. The largest absolute Gasteiger partial charge is 0.493 e. The Morgan fingerprint density at radius 2 is 2.04 bits per heavy atom. The Bertz CT molecular complexity index is 745. The number of rotatable bonds is 7. The highest BCUT2D eigenvalue weighted by Crippen LogP contribution is 2.28. The number of pyridine rings is 1. The van der Waals surface area contributed by atoms with Crippen LogP contribution in [0.5, 0.6) is 11.5 Å². The maximum atomic E-state index is 12.5. The number of carbonyl (C=O) groups excluding carboxylic acids is 1.